The van der Waals surface area contributed by atoms with Gasteiger partial charge in [-0.1, -0.05) is 17.3 Å². The van der Waals surface area contributed by atoms with Crippen molar-refractivity contribution >= 4 is 11.6 Å². The lowest BCUT2D eigenvalue weighted by molar-refractivity contribution is 0.0735. The molecule has 0 atom stereocenters. The summed E-state index contributed by atoms with van der Waals surface area (Å²) in [5.41, 5.74) is 5.11. The highest BCUT2D eigenvalue weighted by Crippen LogP contribution is 2.24. The highest BCUT2D eigenvalue weighted by atomic mass is 16.5. The number of aromatic nitrogens is 1. The van der Waals surface area contributed by atoms with Crippen molar-refractivity contribution in [3.63, 3.8) is 0 Å². The fraction of sp³-hybridized carbons (Fsp3) is 0.412. The number of aryl methyl sites for hydroxylation is 2. The summed E-state index contributed by atoms with van der Waals surface area (Å²) in [5.74, 6) is -0.0353. The minimum atomic E-state index is -0.0353. The number of piperazine rings is 1. The molecule has 1 saturated heterocycles. The molecule has 1 aromatic carbocycles. The highest BCUT2D eigenvalue weighted by molar-refractivity contribution is 5.93. The smallest absolute Gasteiger partial charge is 0.276 e. The van der Waals surface area contributed by atoms with Crippen LogP contribution in [-0.2, 0) is 0 Å². The van der Waals surface area contributed by atoms with Crippen LogP contribution in [-0.4, -0.2) is 42.1 Å². The Morgan fingerprint density at radius 1 is 1.09 bits per heavy atom. The summed E-state index contributed by atoms with van der Waals surface area (Å²) < 4.78 is 4.87. The number of hydrogen-bond donors (Lipinski definition) is 0. The number of hydrogen-bond acceptors (Lipinski definition) is 4. The summed E-state index contributed by atoms with van der Waals surface area (Å²) in [6.07, 6.45) is 1.51. The zero-order valence-corrected chi connectivity index (χ0v) is 13.3. The second-order valence-electron chi connectivity index (χ2n) is 5.84. The SMILES string of the molecule is Cc1conc1C(=O)N1CCN(c2cccc(C)c2C)CC1. The minimum absolute atomic E-state index is 0.0353. The average molecular weight is 299 g/mol. The molecule has 3 rings (SSSR count). The van der Waals surface area contributed by atoms with Gasteiger partial charge in [0.25, 0.3) is 5.91 Å². The van der Waals surface area contributed by atoms with E-state index in [1.54, 1.807) is 0 Å². The summed E-state index contributed by atoms with van der Waals surface area (Å²) in [4.78, 5) is 16.6. The molecule has 0 spiro atoms. The van der Waals surface area contributed by atoms with Crippen molar-refractivity contribution in [2.45, 2.75) is 20.8 Å². The summed E-state index contributed by atoms with van der Waals surface area (Å²) in [5, 5.41) is 3.81. The molecule has 1 fully saturated rings. The Bertz CT molecular complexity index is 685. The molecule has 1 aromatic heterocycles. The summed E-state index contributed by atoms with van der Waals surface area (Å²) >= 11 is 0. The Morgan fingerprint density at radius 3 is 2.45 bits per heavy atom. The maximum absolute atomic E-state index is 12.4. The number of amides is 1. The lowest BCUT2D eigenvalue weighted by Crippen LogP contribution is -2.49. The topological polar surface area (TPSA) is 49.6 Å². The van der Waals surface area contributed by atoms with Crippen LogP contribution in [0.1, 0.15) is 27.2 Å². The molecule has 116 valence electrons. The zero-order chi connectivity index (χ0) is 15.7. The van der Waals surface area contributed by atoms with Crippen LogP contribution in [0, 0.1) is 20.8 Å². The van der Waals surface area contributed by atoms with E-state index in [-0.39, 0.29) is 5.91 Å². The lowest BCUT2D eigenvalue weighted by Gasteiger charge is -2.36. The van der Waals surface area contributed by atoms with E-state index in [4.69, 9.17) is 4.52 Å². The second kappa shape index (κ2) is 5.83. The van der Waals surface area contributed by atoms with E-state index < -0.39 is 0 Å². The Labute approximate surface area is 130 Å². The van der Waals surface area contributed by atoms with E-state index in [0.717, 1.165) is 18.7 Å². The van der Waals surface area contributed by atoms with Crippen molar-refractivity contribution in [3.8, 4) is 0 Å². The van der Waals surface area contributed by atoms with Crippen LogP contribution in [0.5, 0.6) is 0 Å². The first-order valence-corrected chi connectivity index (χ1v) is 7.59. The van der Waals surface area contributed by atoms with Gasteiger partial charge in [-0.2, -0.15) is 0 Å². The summed E-state index contributed by atoms with van der Waals surface area (Å²) in [6.45, 7) is 9.22. The molecule has 5 nitrogen and oxygen atoms in total. The van der Waals surface area contributed by atoms with Crippen LogP contribution in [0.4, 0.5) is 5.69 Å². The molecule has 1 amide bonds. The predicted molar refractivity (Wildman–Crippen MR) is 85.3 cm³/mol. The van der Waals surface area contributed by atoms with Gasteiger partial charge in [-0.25, -0.2) is 0 Å². The quantitative estimate of drug-likeness (QED) is 0.855. The molecule has 2 aromatic rings. The van der Waals surface area contributed by atoms with Crippen LogP contribution in [0.3, 0.4) is 0 Å². The number of carbonyl (C=O) groups is 1. The van der Waals surface area contributed by atoms with Gasteiger partial charge in [0.1, 0.15) is 6.26 Å². The van der Waals surface area contributed by atoms with E-state index in [9.17, 15) is 4.79 Å². The lowest BCUT2D eigenvalue weighted by atomic mass is 10.1. The van der Waals surface area contributed by atoms with Crippen molar-refractivity contribution in [2.24, 2.45) is 0 Å². The monoisotopic (exact) mass is 299 g/mol. The largest absolute Gasteiger partial charge is 0.368 e. The fourth-order valence-corrected chi connectivity index (χ4v) is 2.87. The normalized spacial score (nSPS) is 15.2. The molecule has 1 aliphatic rings. The van der Waals surface area contributed by atoms with Crippen molar-refractivity contribution in [2.75, 3.05) is 31.1 Å². The average Bonchev–Trinajstić information content (AvgIpc) is 2.96. The molecule has 5 heteroatoms. The zero-order valence-electron chi connectivity index (χ0n) is 13.3. The maximum atomic E-state index is 12.4. The van der Waals surface area contributed by atoms with Crippen LogP contribution in [0.2, 0.25) is 0 Å². The molecule has 0 bridgehead atoms. The van der Waals surface area contributed by atoms with Crippen molar-refractivity contribution in [1.82, 2.24) is 10.1 Å². The Kier molecular flexibility index (Phi) is 3.88. The van der Waals surface area contributed by atoms with Crippen LogP contribution in [0.15, 0.2) is 29.0 Å². The van der Waals surface area contributed by atoms with Crippen LogP contribution >= 0.6 is 0 Å². The molecular weight excluding hydrogens is 278 g/mol. The van der Waals surface area contributed by atoms with Gasteiger partial charge in [-0.3, -0.25) is 4.79 Å². The molecular formula is C17H21N3O2. The van der Waals surface area contributed by atoms with Gasteiger partial charge >= 0.3 is 0 Å². The number of benzene rings is 1. The van der Waals surface area contributed by atoms with E-state index >= 15 is 0 Å². The van der Waals surface area contributed by atoms with E-state index in [0.29, 0.717) is 18.8 Å². The molecule has 1 aliphatic heterocycles. The first-order chi connectivity index (χ1) is 10.6. The first kappa shape index (κ1) is 14.6. The van der Waals surface area contributed by atoms with Crippen molar-refractivity contribution < 1.29 is 9.32 Å². The second-order valence-corrected chi connectivity index (χ2v) is 5.84. The predicted octanol–water partition coefficient (Wildman–Crippen LogP) is 2.56. The van der Waals surface area contributed by atoms with Gasteiger partial charge < -0.3 is 14.3 Å². The van der Waals surface area contributed by atoms with E-state index in [2.05, 4.69) is 42.1 Å². The molecule has 0 aliphatic carbocycles. The highest BCUT2D eigenvalue weighted by Gasteiger charge is 2.25. The third-order valence-electron chi connectivity index (χ3n) is 4.43. The number of carbonyl (C=O) groups excluding carboxylic acids is 1. The van der Waals surface area contributed by atoms with Gasteiger partial charge in [0.05, 0.1) is 0 Å². The van der Waals surface area contributed by atoms with Gasteiger partial charge in [-0.15, -0.1) is 0 Å². The molecule has 22 heavy (non-hydrogen) atoms. The van der Waals surface area contributed by atoms with Gasteiger partial charge in [0, 0.05) is 37.4 Å². The number of anilines is 1. The number of rotatable bonds is 2. The Hall–Kier alpha value is -2.30. The van der Waals surface area contributed by atoms with E-state index in [1.165, 1.54) is 23.1 Å². The van der Waals surface area contributed by atoms with E-state index in [1.807, 2.05) is 11.8 Å². The van der Waals surface area contributed by atoms with Crippen molar-refractivity contribution in [3.05, 3.63) is 46.8 Å². The molecule has 0 N–H and O–H groups in total. The first-order valence-electron chi connectivity index (χ1n) is 7.59. The van der Waals surface area contributed by atoms with Gasteiger partial charge in [0.2, 0.25) is 0 Å². The molecule has 2 heterocycles. The minimum Gasteiger partial charge on any atom is -0.368 e. The summed E-state index contributed by atoms with van der Waals surface area (Å²) in [6, 6.07) is 6.38. The third-order valence-corrected chi connectivity index (χ3v) is 4.43. The van der Waals surface area contributed by atoms with Crippen molar-refractivity contribution in [1.29, 1.82) is 0 Å². The standard InChI is InChI=1S/C17H21N3O2/c1-12-5-4-6-15(14(12)3)19-7-9-20(10-8-19)17(21)16-13(2)11-22-18-16/h4-6,11H,7-10H2,1-3H3. The molecule has 0 saturated carbocycles. The Morgan fingerprint density at radius 2 is 1.82 bits per heavy atom. The fourth-order valence-electron chi connectivity index (χ4n) is 2.87. The maximum Gasteiger partial charge on any atom is 0.276 e. The third kappa shape index (κ3) is 2.58. The summed E-state index contributed by atoms with van der Waals surface area (Å²) in [7, 11) is 0. The molecule has 0 unspecified atom stereocenters. The Balaban J connectivity index is 1.69. The van der Waals surface area contributed by atoms with Crippen LogP contribution < -0.4 is 4.90 Å². The van der Waals surface area contributed by atoms with Gasteiger partial charge in [0.15, 0.2) is 5.69 Å². The molecule has 0 radical (unpaired) electrons. The van der Waals surface area contributed by atoms with Crippen LogP contribution in [0.25, 0.3) is 0 Å². The number of nitrogens with zero attached hydrogens (tertiary/aromatic N) is 3. The van der Waals surface area contributed by atoms with Gasteiger partial charge in [-0.05, 0) is 38.0 Å².